The van der Waals surface area contributed by atoms with Gasteiger partial charge in [0.25, 0.3) is 0 Å². The van der Waals surface area contributed by atoms with E-state index in [9.17, 15) is 0 Å². The lowest BCUT2D eigenvalue weighted by Gasteiger charge is -2.35. The molecule has 26 heavy (non-hydrogen) atoms. The van der Waals surface area contributed by atoms with Gasteiger partial charge in [-0.15, -0.1) is 0 Å². The van der Waals surface area contributed by atoms with Crippen molar-refractivity contribution in [2.45, 2.75) is 51.1 Å². The Hall–Kier alpha value is -1.59. The first-order chi connectivity index (χ1) is 12.8. The molecule has 2 N–H and O–H groups in total. The summed E-state index contributed by atoms with van der Waals surface area (Å²) in [6, 6.07) is 9.77. The Kier molecular flexibility index (Phi) is 7.32. The topological polar surface area (TPSA) is 48.9 Å². The minimum Gasteiger partial charge on any atom is -0.379 e. The molecule has 0 spiro atoms. The van der Waals surface area contributed by atoms with Crippen LogP contribution in [0.25, 0.3) is 0 Å². The van der Waals surface area contributed by atoms with E-state index in [1.54, 1.807) is 0 Å². The quantitative estimate of drug-likeness (QED) is 0.628. The van der Waals surface area contributed by atoms with Gasteiger partial charge in [0.15, 0.2) is 5.96 Å². The van der Waals surface area contributed by atoms with E-state index in [1.807, 2.05) is 7.05 Å². The van der Waals surface area contributed by atoms with Crippen molar-refractivity contribution in [3.63, 3.8) is 0 Å². The van der Waals surface area contributed by atoms with E-state index in [2.05, 4.69) is 51.7 Å². The van der Waals surface area contributed by atoms with Crippen LogP contribution in [0.15, 0.2) is 29.3 Å². The average Bonchev–Trinajstić information content (AvgIpc) is 2.69. The number of aliphatic imine (C=N–C) groups is 1. The summed E-state index contributed by atoms with van der Waals surface area (Å²) in [5.74, 6) is 0.933. The highest BCUT2D eigenvalue weighted by atomic mass is 16.5. The van der Waals surface area contributed by atoms with Crippen molar-refractivity contribution in [2.24, 2.45) is 4.99 Å². The molecule has 1 aromatic rings. The molecule has 3 rings (SSSR count). The monoisotopic (exact) mass is 358 g/mol. The van der Waals surface area contributed by atoms with Crippen molar-refractivity contribution in [1.82, 2.24) is 15.5 Å². The molecular formula is C21H34N4O. The second-order valence-electron chi connectivity index (χ2n) is 7.51. The third-order valence-corrected chi connectivity index (χ3v) is 5.55. The molecule has 5 heteroatoms. The highest BCUT2D eigenvalue weighted by Gasteiger charge is 2.23. The van der Waals surface area contributed by atoms with Gasteiger partial charge < -0.3 is 15.4 Å². The van der Waals surface area contributed by atoms with Crippen LogP contribution in [0.3, 0.4) is 0 Å². The minimum atomic E-state index is 0.337. The van der Waals surface area contributed by atoms with Gasteiger partial charge in [0, 0.05) is 32.7 Å². The zero-order valence-electron chi connectivity index (χ0n) is 16.3. The van der Waals surface area contributed by atoms with E-state index in [0.717, 1.165) is 38.8 Å². The zero-order valence-corrected chi connectivity index (χ0v) is 16.3. The van der Waals surface area contributed by atoms with Crippen LogP contribution in [-0.2, 0) is 4.74 Å². The first-order valence-corrected chi connectivity index (χ1v) is 10.1. The summed E-state index contributed by atoms with van der Waals surface area (Å²) >= 11 is 0. The number of ether oxygens (including phenoxy) is 1. The largest absolute Gasteiger partial charge is 0.379 e. The Balaban J connectivity index is 1.64. The second kappa shape index (κ2) is 9.93. The maximum atomic E-state index is 5.56. The summed E-state index contributed by atoms with van der Waals surface area (Å²) in [4.78, 5) is 6.99. The second-order valence-corrected chi connectivity index (χ2v) is 7.51. The molecule has 1 unspecified atom stereocenters. The van der Waals surface area contributed by atoms with Crippen LogP contribution in [0.5, 0.6) is 0 Å². The molecule has 1 heterocycles. The van der Waals surface area contributed by atoms with Crippen LogP contribution in [0.4, 0.5) is 0 Å². The van der Waals surface area contributed by atoms with E-state index in [-0.39, 0.29) is 0 Å². The molecule has 1 saturated heterocycles. The summed E-state index contributed by atoms with van der Waals surface area (Å²) in [7, 11) is 1.87. The summed E-state index contributed by atoms with van der Waals surface area (Å²) < 4.78 is 5.56. The van der Waals surface area contributed by atoms with Crippen LogP contribution in [-0.4, -0.2) is 56.8 Å². The number of aryl methyl sites for hydroxylation is 1. The molecule has 144 valence electrons. The van der Waals surface area contributed by atoms with Crippen molar-refractivity contribution >= 4 is 5.96 Å². The van der Waals surface area contributed by atoms with Crippen molar-refractivity contribution in [3.8, 4) is 0 Å². The number of hydrogen-bond acceptors (Lipinski definition) is 3. The third-order valence-electron chi connectivity index (χ3n) is 5.55. The number of nitrogens with one attached hydrogen (secondary N) is 2. The molecule has 5 nitrogen and oxygen atoms in total. The molecule has 2 fully saturated rings. The Morgan fingerprint density at radius 2 is 2.00 bits per heavy atom. The molecule has 1 aliphatic heterocycles. The van der Waals surface area contributed by atoms with Gasteiger partial charge in [0.1, 0.15) is 0 Å². The van der Waals surface area contributed by atoms with E-state index >= 15 is 0 Å². The van der Waals surface area contributed by atoms with E-state index in [4.69, 9.17) is 4.74 Å². The maximum absolute atomic E-state index is 5.56. The summed E-state index contributed by atoms with van der Waals surface area (Å²) in [6.45, 7) is 6.62. The Morgan fingerprint density at radius 1 is 1.23 bits per heavy atom. The number of nitrogens with zero attached hydrogens (tertiary/aromatic N) is 2. The number of hydrogen-bond donors (Lipinski definition) is 2. The van der Waals surface area contributed by atoms with Gasteiger partial charge in [-0.2, -0.15) is 0 Å². The Bertz CT molecular complexity index is 577. The normalized spacial score (nSPS) is 21.4. The predicted octanol–water partition coefficient (Wildman–Crippen LogP) is 2.87. The molecule has 1 aliphatic carbocycles. The first-order valence-electron chi connectivity index (χ1n) is 10.1. The lowest BCUT2D eigenvalue weighted by Crippen LogP contribution is -2.48. The number of morpholine rings is 1. The van der Waals surface area contributed by atoms with Crippen LogP contribution in [0.1, 0.15) is 49.3 Å². The van der Waals surface area contributed by atoms with Gasteiger partial charge in [-0.25, -0.2) is 0 Å². The zero-order chi connectivity index (χ0) is 18.2. The molecule has 0 bridgehead atoms. The van der Waals surface area contributed by atoms with Crippen molar-refractivity contribution in [1.29, 1.82) is 0 Å². The van der Waals surface area contributed by atoms with Crippen molar-refractivity contribution < 1.29 is 4.74 Å². The molecule has 1 aromatic carbocycles. The van der Waals surface area contributed by atoms with Gasteiger partial charge in [0.05, 0.1) is 19.3 Å². The molecule has 1 atom stereocenters. The number of benzene rings is 1. The number of guanidine groups is 1. The first kappa shape index (κ1) is 19.2. The van der Waals surface area contributed by atoms with E-state index < -0.39 is 0 Å². The smallest absolute Gasteiger partial charge is 0.191 e. The maximum Gasteiger partial charge on any atom is 0.191 e. The summed E-state index contributed by atoms with van der Waals surface area (Å²) in [5, 5.41) is 7.21. The van der Waals surface area contributed by atoms with Gasteiger partial charge in [-0.05, 0) is 25.3 Å². The fraction of sp³-hybridized carbons (Fsp3) is 0.667. The lowest BCUT2D eigenvalue weighted by atomic mass is 9.96. The highest BCUT2D eigenvalue weighted by Crippen LogP contribution is 2.22. The van der Waals surface area contributed by atoms with Crippen LogP contribution in [0, 0.1) is 6.92 Å². The Labute approximate surface area is 158 Å². The minimum absolute atomic E-state index is 0.337. The molecular weight excluding hydrogens is 324 g/mol. The molecule has 0 aromatic heterocycles. The molecule has 2 aliphatic rings. The van der Waals surface area contributed by atoms with Crippen LogP contribution in [0.2, 0.25) is 0 Å². The fourth-order valence-corrected chi connectivity index (χ4v) is 4.05. The molecule has 0 amide bonds. The fourth-order valence-electron chi connectivity index (χ4n) is 4.05. The highest BCUT2D eigenvalue weighted by molar-refractivity contribution is 5.80. The van der Waals surface area contributed by atoms with Gasteiger partial charge in [-0.3, -0.25) is 9.89 Å². The van der Waals surface area contributed by atoms with Gasteiger partial charge in [-0.1, -0.05) is 49.1 Å². The standard InChI is InChI=1S/C21H34N4O/c1-17-7-6-8-18(15-17)20(25-11-13-26-14-12-25)16-23-21(22-2)24-19-9-4-3-5-10-19/h6-8,15,19-20H,3-5,9-14,16H2,1-2H3,(H2,22,23,24). The van der Waals surface area contributed by atoms with Gasteiger partial charge >= 0.3 is 0 Å². The molecule has 1 saturated carbocycles. The third kappa shape index (κ3) is 5.45. The Morgan fingerprint density at radius 3 is 2.69 bits per heavy atom. The van der Waals surface area contributed by atoms with Crippen molar-refractivity contribution in [3.05, 3.63) is 35.4 Å². The average molecular weight is 359 g/mol. The van der Waals surface area contributed by atoms with E-state index in [1.165, 1.54) is 43.2 Å². The lowest BCUT2D eigenvalue weighted by molar-refractivity contribution is 0.0170. The summed E-state index contributed by atoms with van der Waals surface area (Å²) in [6.07, 6.45) is 6.54. The number of rotatable bonds is 5. The summed E-state index contributed by atoms with van der Waals surface area (Å²) in [5.41, 5.74) is 2.68. The van der Waals surface area contributed by atoms with Crippen LogP contribution >= 0.6 is 0 Å². The van der Waals surface area contributed by atoms with Crippen molar-refractivity contribution in [2.75, 3.05) is 39.9 Å². The molecule has 0 radical (unpaired) electrons. The van der Waals surface area contributed by atoms with Gasteiger partial charge in [0.2, 0.25) is 0 Å². The van der Waals surface area contributed by atoms with Crippen LogP contribution < -0.4 is 10.6 Å². The predicted molar refractivity (Wildman–Crippen MR) is 108 cm³/mol. The SMILES string of the molecule is CN=C(NCC(c1cccc(C)c1)N1CCOCC1)NC1CCCCC1. The van der Waals surface area contributed by atoms with E-state index in [0.29, 0.717) is 12.1 Å².